The molecule has 0 aromatic rings. The third kappa shape index (κ3) is 13.8. The zero-order chi connectivity index (χ0) is 11.4. The van der Waals surface area contributed by atoms with Gasteiger partial charge in [0.2, 0.25) is 0 Å². The average Bonchev–Trinajstić information content (AvgIpc) is 2.20. The van der Waals surface area contributed by atoms with Gasteiger partial charge in [0, 0.05) is 12.7 Å². The van der Waals surface area contributed by atoms with Crippen molar-refractivity contribution in [3.05, 3.63) is 12.7 Å². The Bertz CT molecular complexity index is 166. The fraction of sp³-hybridized carbons (Fsp3) is 0.769. The average molecular weight is 228 g/mol. The second-order valence-electron chi connectivity index (χ2n) is 3.89. The van der Waals surface area contributed by atoms with Crippen LogP contribution in [0.4, 0.5) is 0 Å². The van der Waals surface area contributed by atoms with Crippen LogP contribution in [0.2, 0.25) is 0 Å². The SMILES string of the molecule is C=CCCCCCCCCCSC(C)=O. The van der Waals surface area contributed by atoms with Crippen LogP contribution in [-0.2, 0) is 4.79 Å². The zero-order valence-electron chi connectivity index (χ0n) is 9.96. The van der Waals surface area contributed by atoms with Gasteiger partial charge in [0.05, 0.1) is 0 Å². The Morgan fingerprint density at radius 2 is 1.60 bits per heavy atom. The van der Waals surface area contributed by atoms with Crippen LogP contribution in [0, 0.1) is 0 Å². The number of hydrogen-bond donors (Lipinski definition) is 0. The molecule has 0 N–H and O–H groups in total. The maximum atomic E-state index is 10.6. The van der Waals surface area contributed by atoms with E-state index >= 15 is 0 Å². The van der Waals surface area contributed by atoms with Crippen LogP contribution < -0.4 is 0 Å². The molecule has 0 aliphatic carbocycles. The Labute approximate surface area is 98.7 Å². The Balaban J connectivity index is 2.92. The van der Waals surface area contributed by atoms with E-state index in [1.54, 1.807) is 6.92 Å². The molecule has 0 aromatic carbocycles. The summed E-state index contributed by atoms with van der Waals surface area (Å²) in [6.07, 6.45) is 12.3. The predicted octanol–water partition coefficient (Wildman–Crippen LogP) is 4.57. The first kappa shape index (κ1) is 14.8. The lowest BCUT2D eigenvalue weighted by atomic mass is 10.1. The van der Waals surface area contributed by atoms with Crippen molar-refractivity contribution in [3.8, 4) is 0 Å². The zero-order valence-corrected chi connectivity index (χ0v) is 10.8. The van der Waals surface area contributed by atoms with Crippen molar-refractivity contribution >= 4 is 16.9 Å². The summed E-state index contributed by atoms with van der Waals surface area (Å²) in [6.45, 7) is 5.36. The fourth-order valence-corrected chi connectivity index (χ4v) is 2.13. The van der Waals surface area contributed by atoms with Crippen molar-refractivity contribution in [2.45, 2.75) is 58.3 Å². The van der Waals surface area contributed by atoms with Gasteiger partial charge in [0.1, 0.15) is 0 Å². The quantitative estimate of drug-likeness (QED) is 0.402. The first-order valence-electron chi connectivity index (χ1n) is 6.01. The molecule has 0 fully saturated rings. The van der Waals surface area contributed by atoms with Crippen molar-refractivity contribution in [2.75, 3.05) is 5.75 Å². The highest BCUT2D eigenvalue weighted by atomic mass is 32.2. The lowest BCUT2D eigenvalue weighted by molar-refractivity contribution is -0.109. The number of hydrogen-bond acceptors (Lipinski definition) is 2. The van der Waals surface area contributed by atoms with Gasteiger partial charge in [-0.15, -0.1) is 6.58 Å². The Kier molecular flexibility index (Phi) is 11.6. The van der Waals surface area contributed by atoms with E-state index in [1.165, 1.54) is 56.7 Å². The van der Waals surface area contributed by atoms with Crippen LogP contribution in [0.15, 0.2) is 12.7 Å². The second-order valence-corrected chi connectivity index (χ2v) is 5.16. The third-order valence-corrected chi connectivity index (χ3v) is 3.26. The molecule has 0 aliphatic rings. The van der Waals surface area contributed by atoms with Gasteiger partial charge in [-0.3, -0.25) is 4.79 Å². The summed E-state index contributed by atoms with van der Waals surface area (Å²) in [4.78, 5) is 10.6. The minimum absolute atomic E-state index is 0.249. The Morgan fingerprint density at radius 3 is 2.13 bits per heavy atom. The topological polar surface area (TPSA) is 17.1 Å². The molecule has 0 saturated carbocycles. The number of unbranched alkanes of at least 4 members (excludes halogenated alkanes) is 7. The normalized spacial score (nSPS) is 10.2. The molecule has 0 heterocycles. The first-order valence-corrected chi connectivity index (χ1v) is 7.00. The minimum atomic E-state index is 0.249. The molecule has 0 amide bonds. The van der Waals surface area contributed by atoms with Crippen LogP contribution in [0.25, 0.3) is 0 Å². The molecule has 1 nitrogen and oxygen atoms in total. The van der Waals surface area contributed by atoms with Crippen molar-refractivity contribution in [1.29, 1.82) is 0 Å². The van der Waals surface area contributed by atoms with Crippen LogP contribution in [0.3, 0.4) is 0 Å². The van der Waals surface area contributed by atoms with E-state index in [9.17, 15) is 4.79 Å². The summed E-state index contributed by atoms with van der Waals surface area (Å²) in [5.74, 6) is 1.01. The van der Waals surface area contributed by atoms with Crippen molar-refractivity contribution in [3.63, 3.8) is 0 Å². The number of carbonyl (C=O) groups is 1. The monoisotopic (exact) mass is 228 g/mol. The number of carbonyl (C=O) groups excluding carboxylic acids is 1. The van der Waals surface area contributed by atoms with E-state index in [0.717, 1.165) is 12.2 Å². The molecule has 0 saturated heterocycles. The highest BCUT2D eigenvalue weighted by molar-refractivity contribution is 8.13. The number of thioether (sulfide) groups is 1. The molecule has 0 rings (SSSR count). The van der Waals surface area contributed by atoms with E-state index < -0.39 is 0 Å². The molecule has 0 bridgehead atoms. The van der Waals surface area contributed by atoms with Crippen molar-refractivity contribution < 1.29 is 4.79 Å². The largest absolute Gasteiger partial charge is 0.288 e. The van der Waals surface area contributed by atoms with Gasteiger partial charge in [0.25, 0.3) is 0 Å². The predicted molar refractivity (Wildman–Crippen MR) is 70.3 cm³/mol. The molecule has 0 radical (unpaired) electrons. The molecule has 0 unspecified atom stereocenters. The molecule has 0 spiro atoms. The summed E-state index contributed by atoms with van der Waals surface area (Å²) in [5, 5.41) is 0.249. The van der Waals surface area contributed by atoms with Gasteiger partial charge in [0.15, 0.2) is 5.12 Å². The molecule has 15 heavy (non-hydrogen) atoms. The van der Waals surface area contributed by atoms with Crippen molar-refractivity contribution in [1.82, 2.24) is 0 Å². The van der Waals surface area contributed by atoms with Gasteiger partial charge >= 0.3 is 0 Å². The minimum Gasteiger partial charge on any atom is -0.288 e. The highest BCUT2D eigenvalue weighted by Gasteiger charge is 1.94. The van der Waals surface area contributed by atoms with Crippen molar-refractivity contribution in [2.24, 2.45) is 0 Å². The van der Waals surface area contributed by atoms with E-state index in [1.807, 2.05) is 6.08 Å². The molecule has 88 valence electrons. The van der Waals surface area contributed by atoms with E-state index in [0.29, 0.717) is 0 Å². The van der Waals surface area contributed by atoms with Gasteiger partial charge in [-0.25, -0.2) is 0 Å². The summed E-state index contributed by atoms with van der Waals surface area (Å²) < 4.78 is 0. The maximum absolute atomic E-state index is 10.6. The van der Waals surface area contributed by atoms with Gasteiger partial charge < -0.3 is 0 Å². The lowest BCUT2D eigenvalue weighted by Gasteiger charge is -2.00. The maximum Gasteiger partial charge on any atom is 0.185 e. The van der Waals surface area contributed by atoms with Crippen LogP contribution in [-0.4, -0.2) is 10.9 Å². The van der Waals surface area contributed by atoms with Gasteiger partial charge in [-0.05, 0) is 19.3 Å². The van der Waals surface area contributed by atoms with E-state index in [4.69, 9.17) is 0 Å². The number of rotatable bonds is 10. The molecule has 0 aliphatic heterocycles. The van der Waals surface area contributed by atoms with E-state index in [-0.39, 0.29) is 5.12 Å². The molecule has 0 atom stereocenters. The molecular formula is C13H24OS. The number of allylic oxidation sites excluding steroid dienone is 1. The highest BCUT2D eigenvalue weighted by Crippen LogP contribution is 2.11. The summed E-state index contributed by atoms with van der Waals surface area (Å²) >= 11 is 1.46. The Morgan fingerprint density at radius 1 is 1.07 bits per heavy atom. The molecular weight excluding hydrogens is 204 g/mol. The fourth-order valence-electron chi connectivity index (χ4n) is 1.49. The first-order chi connectivity index (χ1) is 7.27. The van der Waals surface area contributed by atoms with Crippen LogP contribution in [0.1, 0.15) is 58.3 Å². The van der Waals surface area contributed by atoms with E-state index in [2.05, 4.69) is 6.58 Å². The lowest BCUT2D eigenvalue weighted by Crippen LogP contribution is -1.87. The smallest absolute Gasteiger partial charge is 0.185 e. The molecule has 2 heteroatoms. The second kappa shape index (κ2) is 11.8. The van der Waals surface area contributed by atoms with Gasteiger partial charge in [-0.2, -0.15) is 0 Å². The Hall–Kier alpha value is -0.240. The van der Waals surface area contributed by atoms with Gasteiger partial charge in [-0.1, -0.05) is 49.9 Å². The summed E-state index contributed by atoms with van der Waals surface area (Å²) in [5.41, 5.74) is 0. The summed E-state index contributed by atoms with van der Waals surface area (Å²) in [7, 11) is 0. The summed E-state index contributed by atoms with van der Waals surface area (Å²) in [6, 6.07) is 0. The van der Waals surface area contributed by atoms with Crippen LogP contribution in [0.5, 0.6) is 0 Å². The van der Waals surface area contributed by atoms with Crippen LogP contribution >= 0.6 is 11.8 Å². The third-order valence-electron chi connectivity index (χ3n) is 2.36. The molecule has 0 aromatic heterocycles. The standard InChI is InChI=1S/C13H24OS/c1-3-4-5-6-7-8-9-10-11-12-15-13(2)14/h3H,1,4-12H2,2H3.